The Morgan fingerprint density at radius 2 is 1.83 bits per heavy atom. The first kappa shape index (κ1) is 17.5. The summed E-state index contributed by atoms with van der Waals surface area (Å²) in [6.45, 7) is 10.8. The Hall–Kier alpha value is -1.83. The van der Waals surface area contributed by atoms with Crippen LogP contribution in [0.4, 0.5) is 0 Å². The standard InChI is InChI=1S/C21H28O2/c1-14(2)12-18-7-9-19(16(4)10-11-23-17(5)22)20-8-6-15(3)21(20)13-18/h6-9,13-14,16H,10-12H2,1-5H3. The lowest BCUT2D eigenvalue weighted by Crippen LogP contribution is -2.04. The summed E-state index contributed by atoms with van der Waals surface area (Å²) >= 11 is 0. The van der Waals surface area contributed by atoms with Crippen molar-refractivity contribution in [2.75, 3.05) is 6.61 Å². The highest BCUT2D eigenvalue weighted by Gasteiger charge is 2.16. The van der Waals surface area contributed by atoms with Crippen LogP contribution in [-0.4, -0.2) is 12.6 Å². The Kier molecular flexibility index (Phi) is 5.81. The minimum absolute atomic E-state index is 0.204. The zero-order chi connectivity index (χ0) is 17.0. The summed E-state index contributed by atoms with van der Waals surface area (Å²) in [5.74, 6) is 0.801. The van der Waals surface area contributed by atoms with Crippen LogP contribution in [0.15, 0.2) is 30.3 Å². The van der Waals surface area contributed by atoms with Crippen molar-refractivity contribution in [2.45, 2.75) is 53.4 Å². The van der Waals surface area contributed by atoms with E-state index in [0.717, 1.165) is 12.8 Å². The van der Waals surface area contributed by atoms with Gasteiger partial charge in [-0.2, -0.15) is 0 Å². The van der Waals surface area contributed by atoms with Crippen molar-refractivity contribution in [3.63, 3.8) is 0 Å². The van der Waals surface area contributed by atoms with E-state index in [4.69, 9.17) is 4.74 Å². The number of aryl methyl sites for hydroxylation is 1. The SMILES string of the molecule is CC(=O)OCCC(C)c1ccc(CC(C)C)cc2c(C)ccc1-2. The Morgan fingerprint density at radius 3 is 2.48 bits per heavy atom. The predicted octanol–water partition coefficient (Wildman–Crippen LogP) is 5.36. The number of carbonyl (C=O) groups is 1. The van der Waals surface area contributed by atoms with Crippen LogP contribution in [0.1, 0.15) is 56.7 Å². The molecule has 0 bridgehead atoms. The molecule has 0 heterocycles. The first-order valence-electron chi connectivity index (χ1n) is 8.54. The van der Waals surface area contributed by atoms with Gasteiger partial charge in [-0.05, 0) is 59.4 Å². The molecular formula is C21H28O2. The van der Waals surface area contributed by atoms with Crippen molar-refractivity contribution in [3.05, 3.63) is 47.0 Å². The number of ether oxygens (including phenoxy) is 1. The van der Waals surface area contributed by atoms with Crippen LogP contribution in [0.2, 0.25) is 0 Å². The first-order valence-corrected chi connectivity index (χ1v) is 8.54. The Balaban J connectivity index is 2.31. The van der Waals surface area contributed by atoms with Gasteiger partial charge in [0.2, 0.25) is 0 Å². The van der Waals surface area contributed by atoms with Gasteiger partial charge in [0.15, 0.2) is 0 Å². The summed E-state index contributed by atoms with van der Waals surface area (Å²) in [6, 6.07) is 11.3. The number of hydrogen-bond acceptors (Lipinski definition) is 2. The monoisotopic (exact) mass is 312 g/mol. The van der Waals surface area contributed by atoms with Crippen LogP contribution < -0.4 is 0 Å². The van der Waals surface area contributed by atoms with Gasteiger partial charge in [-0.15, -0.1) is 0 Å². The van der Waals surface area contributed by atoms with E-state index in [1.54, 1.807) is 0 Å². The Labute approximate surface area is 140 Å². The highest BCUT2D eigenvalue weighted by atomic mass is 16.5. The molecule has 0 N–H and O–H groups in total. The van der Waals surface area contributed by atoms with Crippen molar-refractivity contribution in [1.82, 2.24) is 0 Å². The van der Waals surface area contributed by atoms with Gasteiger partial charge in [-0.25, -0.2) is 0 Å². The van der Waals surface area contributed by atoms with E-state index in [1.807, 2.05) is 0 Å². The number of carbonyl (C=O) groups excluding carboxylic acids is 1. The van der Waals surface area contributed by atoms with Gasteiger partial charge in [-0.3, -0.25) is 4.79 Å². The van der Waals surface area contributed by atoms with Gasteiger partial charge in [0.1, 0.15) is 0 Å². The number of hydrogen-bond donors (Lipinski definition) is 0. The molecule has 0 saturated heterocycles. The molecule has 2 aliphatic rings. The van der Waals surface area contributed by atoms with Crippen LogP contribution in [0.3, 0.4) is 0 Å². The minimum atomic E-state index is -0.204. The molecule has 0 amide bonds. The summed E-state index contributed by atoms with van der Waals surface area (Å²) in [5.41, 5.74) is 6.73. The van der Waals surface area contributed by atoms with E-state index in [9.17, 15) is 4.79 Å². The third-order valence-corrected chi connectivity index (χ3v) is 4.36. The average molecular weight is 312 g/mol. The summed E-state index contributed by atoms with van der Waals surface area (Å²) in [6.07, 6.45) is 1.94. The summed E-state index contributed by atoms with van der Waals surface area (Å²) < 4.78 is 5.11. The molecule has 2 rings (SSSR count). The van der Waals surface area contributed by atoms with Crippen LogP contribution in [-0.2, 0) is 16.0 Å². The Bertz CT molecular complexity index is 643. The number of esters is 1. The van der Waals surface area contributed by atoms with Crippen molar-refractivity contribution >= 4 is 5.97 Å². The lowest BCUT2D eigenvalue weighted by atomic mass is 9.93. The van der Waals surface area contributed by atoms with E-state index < -0.39 is 0 Å². The van der Waals surface area contributed by atoms with E-state index >= 15 is 0 Å². The van der Waals surface area contributed by atoms with Gasteiger partial charge in [0.25, 0.3) is 0 Å². The quantitative estimate of drug-likeness (QED) is 0.672. The molecule has 124 valence electrons. The van der Waals surface area contributed by atoms with Crippen LogP contribution in [0.5, 0.6) is 0 Å². The van der Waals surface area contributed by atoms with Crippen LogP contribution in [0, 0.1) is 12.8 Å². The second-order valence-corrected chi connectivity index (χ2v) is 6.98. The molecule has 0 spiro atoms. The van der Waals surface area contributed by atoms with E-state index in [0.29, 0.717) is 18.4 Å². The van der Waals surface area contributed by atoms with Gasteiger partial charge >= 0.3 is 5.97 Å². The molecule has 0 radical (unpaired) electrons. The fourth-order valence-corrected chi connectivity index (χ4v) is 3.13. The van der Waals surface area contributed by atoms with E-state index in [-0.39, 0.29) is 5.97 Å². The van der Waals surface area contributed by atoms with Gasteiger partial charge in [0.05, 0.1) is 6.61 Å². The second-order valence-electron chi connectivity index (χ2n) is 6.98. The molecule has 0 aromatic heterocycles. The van der Waals surface area contributed by atoms with Gasteiger partial charge < -0.3 is 4.74 Å². The third kappa shape index (κ3) is 4.57. The molecule has 2 heteroatoms. The maximum atomic E-state index is 11.0. The molecule has 23 heavy (non-hydrogen) atoms. The molecule has 0 aliphatic heterocycles. The zero-order valence-electron chi connectivity index (χ0n) is 15.0. The lowest BCUT2D eigenvalue weighted by molar-refractivity contribution is -0.141. The molecule has 2 aliphatic carbocycles. The molecular weight excluding hydrogens is 284 g/mol. The van der Waals surface area contributed by atoms with E-state index in [2.05, 4.69) is 58.0 Å². The fraction of sp³-hybridized carbons (Fsp3) is 0.476. The smallest absolute Gasteiger partial charge is 0.302 e. The van der Waals surface area contributed by atoms with Crippen LogP contribution in [0.25, 0.3) is 11.1 Å². The molecule has 1 atom stereocenters. The van der Waals surface area contributed by atoms with Crippen molar-refractivity contribution in [1.29, 1.82) is 0 Å². The summed E-state index contributed by atoms with van der Waals surface area (Å²) in [5, 5.41) is 0. The molecule has 1 unspecified atom stereocenters. The minimum Gasteiger partial charge on any atom is -0.466 e. The maximum absolute atomic E-state index is 11.0. The summed E-state index contributed by atoms with van der Waals surface area (Å²) in [7, 11) is 0. The largest absolute Gasteiger partial charge is 0.466 e. The normalized spacial score (nSPS) is 12.6. The second kappa shape index (κ2) is 7.63. The topological polar surface area (TPSA) is 26.3 Å². The average Bonchev–Trinajstić information content (AvgIpc) is 2.70. The molecule has 0 aromatic rings. The molecule has 0 saturated carbocycles. The highest BCUT2D eigenvalue weighted by Crippen LogP contribution is 2.36. The molecule has 0 aromatic carbocycles. The Morgan fingerprint density at radius 1 is 1.09 bits per heavy atom. The van der Waals surface area contributed by atoms with Gasteiger partial charge in [-0.1, -0.05) is 51.1 Å². The van der Waals surface area contributed by atoms with Gasteiger partial charge in [0, 0.05) is 6.92 Å². The first-order chi connectivity index (χ1) is 10.9. The fourth-order valence-electron chi connectivity index (χ4n) is 3.13. The molecule has 2 nitrogen and oxygen atoms in total. The summed E-state index contributed by atoms with van der Waals surface area (Å²) in [4.78, 5) is 11.0. The van der Waals surface area contributed by atoms with Crippen LogP contribution >= 0.6 is 0 Å². The van der Waals surface area contributed by atoms with Crippen molar-refractivity contribution in [3.8, 4) is 11.1 Å². The highest BCUT2D eigenvalue weighted by molar-refractivity contribution is 5.74. The maximum Gasteiger partial charge on any atom is 0.302 e. The van der Waals surface area contributed by atoms with E-state index in [1.165, 1.54) is 34.7 Å². The number of rotatable bonds is 6. The van der Waals surface area contributed by atoms with Crippen molar-refractivity contribution in [2.24, 2.45) is 5.92 Å². The zero-order valence-corrected chi connectivity index (χ0v) is 15.0. The van der Waals surface area contributed by atoms with Crippen molar-refractivity contribution < 1.29 is 9.53 Å². The number of fused-ring (bicyclic) bond motifs is 1. The lowest BCUT2D eigenvalue weighted by Gasteiger charge is -2.14. The predicted molar refractivity (Wildman–Crippen MR) is 96.0 cm³/mol. The molecule has 0 fully saturated rings. The third-order valence-electron chi connectivity index (χ3n) is 4.36.